The van der Waals surface area contributed by atoms with Gasteiger partial charge in [-0.2, -0.15) is 0 Å². The molecule has 0 radical (unpaired) electrons. The van der Waals surface area contributed by atoms with E-state index in [0.717, 1.165) is 37.7 Å². The zero-order chi connectivity index (χ0) is 12.3. The van der Waals surface area contributed by atoms with Crippen LogP contribution in [0, 0.1) is 6.92 Å². The normalized spacial score (nSPS) is 17.2. The molecule has 6 heteroatoms. The number of thiol groups is 1. The van der Waals surface area contributed by atoms with Gasteiger partial charge in [0.15, 0.2) is 5.12 Å². The molecule has 1 aromatic rings. The Morgan fingerprint density at radius 3 is 2.41 bits per heavy atom. The maximum Gasteiger partial charge on any atom is 0.225 e. The zero-order valence-corrected chi connectivity index (χ0v) is 10.7. The van der Waals surface area contributed by atoms with Crippen LogP contribution >= 0.6 is 12.6 Å². The van der Waals surface area contributed by atoms with Crippen molar-refractivity contribution < 1.29 is 4.79 Å². The molecule has 0 spiro atoms. The van der Waals surface area contributed by atoms with Crippen LogP contribution in [0.15, 0.2) is 12.4 Å². The van der Waals surface area contributed by atoms with Gasteiger partial charge in [0, 0.05) is 38.6 Å². The lowest BCUT2D eigenvalue weighted by atomic mass is 10.3. The van der Waals surface area contributed by atoms with Crippen LogP contribution in [-0.2, 0) is 4.79 Å². The maximum atomic E-state index is 10.9. The summed E-state index contributed by atoms with van der Waals surface area (Å²) < 4.78 is 0. The Balaban J connectivity index is 1.90. The highest BCUT2D eigenvalue weighted by atomic mass is 32.1. The largest absolute Gasteiger partial charge is 0.338 e. The van der Waals surface area contributed by atoms with Crippen LogP contribution in [0.5, 0.6) is 0 Å². The number of carbonyl (C=O) groups excluding carboxylic acids is 1. The van der Waals surface area contributed by atoms with Gasteiger partial charge >= 0.3 is 0 Å². The Bertz CT molecular complexity index is 387. The second kappa shape index (κ2) is 5.46. The molecule has 92 valence electrons. The highest BCUT2D eigenvalue weighted by molar-refractivity contribution is 7.96. The Morgan fingerprint density at radius 1 is 1.29 bits per heavy atom. The van der Waals surface area contributed by atoms with Crippen molar-refractivity contribution in [2.75, 3.05) is 37.6 Å². The Kier molecular flexibility index (Phi) is 3.96. The van der Waals surface area contributed by atoms with Crippen molar-refractivity contribution in [2.24, 2.45) is 0 Å². The fraction of sp³-hybridized carbons (Fsp3) is 0.545. The average Bonchev–Trinajstić information content (AvgIpc) is 2.30. The topological polar surface area (TPSA) is 49.3 Å². The third kappa shape index (κ3) is 3.41. The molecule has 2 heterocycles. The van der Waals surface area contributed by atoms with Gasteiger partial charge in [-0.05, 0) is 12.5 Å². The Hall–Kier alpha value is -1.14. The van der Waals surface area contributed by atoms with Crippen LogP contribution in [0.25, 0.3) is 0 Å². The number of piperazine rings is 1. The van der Waals surface area contributed by atoms with Crippen molar-refractivity contribution in [3.8, 4) is 0 Å². The van der Waals surface area contributed by atoms with Crippen molar-refractivity contribution in [1.82, 2.24) is 14.9 Å². The van der Waals surface area contributed by atoms with Crippen molar-refractivity contribution in [3.05, 3.63) is 18.0 Å². The summed E-state index contributed by atoms with van der Waals surface area (Å²) in [7, 11) is 0. The molecule has 0 atom stereocenters. The monoisotopic (exact) mass is 252 g/mol. The van der Waals surface area contributed by atoms with Gasteiger partial charge in [-0.25, -0.2) is 9.97 Å². The van der Waals surface area contributed by atoms with E-state index in [-0.39, 0.29) is 5.12 Å². The van der Waals surface area contributed by atoms with Crippen LogP contribution in [0.4, 0.5) is 5.95 Å². The van der Waals surface area contributed by atoms with Crippen LogP contribution in [-0.4, -0.2) is 52.7 Å². The SMILES string of the molecule is Cc1cnc(N2CCN(CC(=O)S)CC2)nc1. The van der Waals surface area contributed by atoms with Gasteiger partial charge in [-0.15, -0.1) is 12.6 Å². The second-order valence-corrected chi connectivity index (χ2v) is 4.72. The van der Waals surface area contributed by atoms with Crippen LogP contribution in [0.3, 0.4) is 0 Å². The molecule has 5 nitrogen and oxygen atoms in total. The van der Waals surface area contributed by atoms with Crippen LogP contribution < -0.4 is 4.90 Å². The van der Waals surface area contributed by atoms with E-state index in [1.54, 1.807) is 0 Å². The first kappa shape index (κ1) is 12.3. The van der Waals surface area contributed by atoms with E-state index >= 15 is 0 Å². The Morgan fingerprint density at radius 2 is 1.88 bits per heavy atom. The van der Waals surface area contributed by atoms with Crippen molar-refractivity contribution in [3.63, 3.8) is 0 Å². The third-order valence-corrected chi connectivity index (χ3v) is 2.92. The zero-order valence-electron chi connectivity index (χ0n) is 9.83. The molecule has 0 bridgehead atoms. The van der Waals surface area contributed by atoms with Gasteiger partial charge < -0.3 is 4.90 Å². The summed E-state index contributed by atoms with van der Waals surface area (Å²) in [5.74, 6) is 0.771. The van der Waals surface area contributed by atoms with Gasteiger partial charge in [-0.3, -0.25) is 9.69 Å². The molecule has 1 aromatic heterocycles. The standard InChI is InChI=1S/C11H16N4OS/c1-9-6-12-11(13-7-9)15-4-2-14(3-5-15)8-10(16)17/h6-7H,2-5,8H2,1H3,(H,16,17). The summed E-state index contributed by atoms with van der Waals surface area (Å²) in [5.41, 5.74) is 1.06. The summed E-state index contributed by atoms with van der Waals surface area (Å²) in [5, 5.41) is -0.0787. The first-order valence-corrected chi connectivity index (χ1v) is 6.07. The van der Waals surface area contributed by atoms with E-state index in [9.17, 15) is 4.79 Å². The molecule has 1 saturated heterocycles. The molecule has 0 amide bonds. The van der Waals surface area contributed by atoms with E-state index in [4.69, 9.17) is 0 Å². The lowest BCUT2D eigenvalue weighted by molar-refractivity contribution is -0.111. The van der Waals surface area contributed by atoms with E-state index in [0.29, 0.717) is 6.54 Å². The Labute approximate surface area is 106 Å². The minimum Gasteiger partial charge on any atom is -0.338 e. The minimum atomic E-state index is -0.0787. The van der Waals surface area contributed by atoms with E-state index in [1.165, 1.54) is 0 Å². The quantitative estimate of drug-likeness (QED) is 0.787. The fourth-order valence-corrected chi connectivity index (χ4v) is 2.05. The summed E-state index contributed by atoms with van der Waals surface area (Å²) in [6.45, 7) is 5.80. The molecule has 17 heavy (non-hydrogen) atoms. The van der Waals surface area contributed by atoms with E-state index in [1.807, 2.05) is 19.3 Å². The molecule has 1 aliphatic heterocycles. The highest BCUT2D eigenvalue weighted by Gasteiger charge is 2.19. The molecule has 1 aliphatic rings. The lowest BCUT2D eigenvalue weighted by Gasteiger charge is -2.33. The maximum absolute atomic E-state index is 10.9. The molecular weight excluding hydrogens is 236 g/mol. The van der Waals surface area contributed by atoms with Crippen molar-refractivity contribution >= 4 is 23.7 Å². The smallest absolute Gasteiger partial charge is 0.225 e. The number of aromatic nitrogens is 2. The molecule has 0 saturated carbocycles. The molecule has 0 aromatic carbocycles. The summed E-state index contributed by atoms with van der Waals surface area (Å²) in [6, 6.07) is 0. The van der Waals surface area contributed by atoms with Gasteiger partial charge in [0.25, 0.3) is 0 Å². The molecule has 1 fully saturated rings. The number of hydrogen-bond acceptors (Lipinski definition) is 5. The number of anilines is 1. The van der Waals surface area contributed by atoms with E-state index in [2.05, 4.69) is 32.4 Å². The number of hydrogen-bond donors (Lipinski definition) is 1. The van der Waals surface area contributed by atoms with Gasteiger partial charge in [0.2, 0.25) is 5.95 Å². The average molecular weight is 252 g/mol. The van der Waals surface area contributed by atoms with E-state index < -0.39 is 0 Å². The third-order valence-electron chi connectivity index (χ3n) is 2.78. The van der Waals surface area contributed by atoms with Crippen LogP contribution in [0.1, 0.15) is 5.56 Å². The highest BCUT2D eigenvalue weighted by Crippen LogP contribution is 2.10. The lowest BCUT2D eigenvalue weighted by Crippen LogP contribution is -2.48. The van der Waals surface area contributed by atoms with Gasteiger partial charge in [0.05, 0.1) is 6.54 Å². The predicted molar refractivity (Wildman–Crippen MR) is 69.4 cm³/mol. The number of carbonyl (C=O) groups is 1. The van der Waals surface area contributed by atoms with Gasteiger partial charge in [-0.1, -0.05) is 0 Å². The summed E-state index contributed by atoms with van der Waals surface area (Å²) >= 11 is 3.79. The van der Waals surface area contributed by atoms with Crippen LogP contribution in [0.2, 0.25) is 0 Å². The summed E-state index contributed by atoms with van der Waals surface area (Å²) in [6.07, 6.45) is 3.65. The number of nitrogens with zero attached hydrogens (tertiary/aromatic N) is 4. The molecule has 0 N–H and O–H groups in total. The van der Waals surface area contributed by atoms with Crippen molar-refractivity contribution in [1.29, 1.82) is 0 Å². The fourth-order valence-electron chi connectivity index (χ4n) is 1.85. The van der Waals surface area contributed by atoms with Gasteiger partial charge in [0.1, 0.15) is 0 Å². The second-order valence-electron chi connectivity index (χ2n) is 4.22. The summed E-state index contributed by atoms with van der Waals surface area (Å²) in [4.78, 5) is 23.7. The minimum absolute atomic E-state index is 0.0787. The number of rotatable bonds is 3. The van der Waals surface area contributed by atoms with Crippen molar-refractivity contribution in [2.45, 2.75) is 6.92 Å². The molecular formula is C11H16N4OS. The predicted octanol–water partition coefficient (Wildman–Crippen LogP) is 0.363. The number of aryl methyl sites for hydroxylation is 1. The molecule has 0 aliphatic carbocycles. The molecule has 2 rings (SSSR count). The molecule has 0 unspecified atom stereocenters. The first-order valence-electron chi connectivity index (χ1n) is 5.63. The first-order chi connectivity index (χ1) is 8.15.